The van der Waals surface area contributed by atoms with Crippen molar-refractivity contribution in [1.82, 2.24) is 4.98 Å². The Morgan fingerprint density at radius 2 is 2.06 bits per heavy atom. The van der Waals surface area contributed by atoms with Gasteiger partial charge in [-0.25, -0.2) is 8.78 Å². The molecule has 3 nitrogen and oxygen atoms in total. The Hall–Kier alpha value is -2.01. The molecule has 5 heteroatoms. The summed E-state index contributed by atoms with van der Waals surface area (Å²) in [4.78, 5) is 3.96. The predicted octanol–water partition coefficient (Wildman–Crippen LogP) is 2.44. The summed E-state index contributed by atoms with van der Waals surface area (Å²) in [5.74, 6) is -1.63. The van der Waals surface area contributed by atoms with E-state index in [1.54, 1.807) is 18.5 Å². The van der Waals surface area contributed by atoms with E-state index in [2.05, 4.69) is 4.98 Å². The number of hydrogen-bond donors (Lipinski definition) is 1. The predicted molar refractivity (Wildman–Crippen MR) is 63.0 cm³/mol. The van der Waals surface area contributed by atoms with Crippen LogP contribution in [0.5, 0.6) is 5.75 Å². The van der Waals surface area contributed by atoms with Crippen molar-refractivity contribution in [2.75, 3.05) is 6.54 Å². The van der Waals surface area contributed by atoms with Gasteiger partial charge in [0.05, 0.1) is 0 Å². The van der Waals surface area contributed by atoms with Gasteiger partial charge in [-0.05, 0) is 18.2 Å². The number of halogens is 2. The fourth-order valence-corrected chi connectivity index (χ4v) is 1.53. The van der Waals surface area contributed by atoms with Gasteiger partial charge in [0.15, 0.2) is 11.6 Å². The van der Waals surface area contributed by atoms with E-state index >= 15 is 0 Å². The van der Waals surface area contributed by atoms with Crippen LogP contribution in [-0.2, 0) is 0 Å². The lowest BCUT2D eigenvalue weighted by atomic mass is 10.1. The Balaban J connectivity index is 2.18. The zero-order chi connectivity index (χ0) is 13.0. The Labute approximate surface area is 103 Å². The minimum atomic E-state index is -0.950. The van der Waals surface area contributed by atoms with Crippen LogP contribution >= 0.6 is 0 Å². The van der Waals surface area contributed by atoms with E-state index in [-0.39, 0.29) is 12.3 Å². The first-order valence-electron chi connectivity index (χ1n) is 5.42. The molecular weight excluding hydrogens is 238 g/mol. The molecular formula is C13H12F2N2O. The van der Waals surface area contributed by atoms with Crippen LogP contribution < -0.4 is 10.5 Å². The molecule has 1 atom stereocenters. The summed E-state index contributed by atoms with van der Waals surface area (Å²) in [5.41, 5.74) is 6.38. The monoisotopic (exact) mass is 250 g/mol. The second kappa shape index (κ2) is 5.55. The summed E-state index contributed by atoms with van der Waals surface area (Å²) in [6.07, 6.45) is 2.81. The highest BCUT2D eigenvalue weighted by atomic mass is 19.2. The normalized spacial score (nSPS) is 12.2. The smallest absolute Gasteiger partial charge is 0.162 e. The summed E-state index contributed by atoms with van der Waals surface area (Å²) >= 11 is 0. The van der Waals surface area contributed by atoms with Crippen LogP contribution in [0, 0.1) is 11.6 Å². The van der Waals surface area contributed by atoms with Gasteiger partial charge in [0, 0.05) is 30.6 Å². The van der Waals surface area contributed by atoms with Gasteiger partial charge in [0.2, 0.25) is 0 Å². The van der Waals surface area contributed by atoms with Gasteiger partial charge in [-0.15, -0.1) is 0 Å². The maximum Gasteiger partial charge on any atom is 0.162 e. The molecule has 1 heterocycles. The molecule has 0 saturated carbocycles. The molecule has 1 aromatic heterocycles. The molecule has 0 aliphatic heterocycles. The molecule has 2 aromatic rings. The molecule has 1 unspecified atom stereocenters. The molecule has 2 rings (SSSR count). The van der Waals surface area contributed by atoms with Crippen LogP contribution in [0.25, 0.3) is 0 Å². The first-order valence-corrected chi connectivity index (χ1v) is 5.42. The maximum absolute atomic E-state index is 13.0. The van der Waals surface area contributed by atoms with Crippen molar-refractivity contribution >= 4 is 0 Å². The van der Waals surface area contributed by atoms with Gasteiger partial charge in [0.25, 0.3) is 0 Å². The van der Waals surface area contributed by atoms with Crippen molar-refractivity contribution in [3.63, 3.8) is 0 Å². The standard InChI is InChI=1S/C13H12F2N2O/c14-11-4-3-10(6-12(11)15)18-13(7-16)9-2-1-5-17-8-9/h1-6,8,13H,7,16H2. The van der Waals surface area contributed by atoms with Crippen molar-refractivity contribution in [1.29, 1.82) is 0 Å². The number of nitrogens with zero attached hydrogens (tertiary/aromatic N) is 1. The van der Waals surface area contributed by atoms with E-state index in [0.717, 1.165) is 17.7 Å². The number of hydrogen-bond acceptors (Lipinski definition) is 3. The molecule has 0 radical (unpaired) electrons. The average molecular weight is 250 g/mol. The Bertz CT molecular complexity index is 520. The van der Waals surface area contributed by atoms with Crippen molar-refractivity contribution in [3.05, 3.63) is 59.9 Å². The third-order valence-corrected chi connectivity index (χ3v) is 2.44. The van der Waals surface area contributed by atoms with E-state index in [1.807, 2.05) is 6.07 Å². The van der Waals surface area contributed by atoms with E-state index in [1.165, 1.54) is 6.07 Å². The zero-order valence-electron chi connectivity index (χ0n) is 9.51. The molecule has 0 amide bonds. The fourth-order valence-electron chi connectivity index (χ4n) is 1.53. The SMILES string of the molecule is NCC(Oc1ccc(F)c(F)c1)c1cccnc1. The van der Waals surface area contributed by atoms with Crippen LogP contribution in [0.3, 0.4) is 0 Å². The lowest BCUT2D eigenvalue weighted by Crippen LogP contribution is -2.18. The van der Waals surface area contributed by atoms with E-state index in [9.17, 15) is 8.78 Å². The van der Waals surface area contributed by atoms with Gasteiger partial charge in [-0.1, -0.05) is 6.07 Å². The van der Waals surface area contributed by atoms with Gasteiger partial charge in [-0.3, -0.25) is 4.98 Å². The minimum absolute atomic E-state index is 0.213. The van der Waals surface area contributed by atoms with Crippen molar-refractivity contribution < 1.29 is 13.5 Å². The topological polar surface area (TPSA) is 48.1 Å². The summed E-state index contributed by atoms with van der Waals surface area (Å²) in [7, 11) is 0. The highest BCUT2D eigenvalue weighted by Gasteiger charge is 2.12. The molecule has 0 fully saturated rings. The molecule has 0 bridgehead atoms. The second-order valence-electron chi connectivity index (χ2n) is 3.70. The van der Waals surface area contributed by atoms with Gasteiger partial charge >= 0.3 is 0 Å². The van der Waals surface area contributed by atoms with Crippen LogP contribution in [0.4, 0.5) is 8.78 Å². The largest absolute Gasteiger partial charge is 0.484 e. The van der Waals surface area contributed by atoms with Crippen molar-refractivity contribution in [2.24, 2.45) is 5.73 Å². The van der Waals surface area contributed by atoms with E-state index in [0.29, 0.717) is 0 Å². The lowest BCUT2D eigenvalue weighted by Gasteiger charge is -2.17. The van der Waals surface area contributed by atoms with Crippen LogP contribution in [0.15, 0.2) is 42.7 Å². The molecule has 2 N–H and O–H groups in total. The van der Waals surface area contributed by atoms with Crippen LogP contribution in [0.2, 0.25) is 0 Å². The minimum Gasteiger partial charge on any atom is -0.484 e. The van der Waals surface area contributed by atoms with Gasteiger partial charge < -0.3 is 10.5 Å². The molecule has 18 heavy (non-hydrogen) atoms. The number of ether oxygens (including phenoxy) is 1. The second-order valence-corrected chi connectivity index (χ2v) is 3.70. The average Bonchev–Trinajstić information content (AvgIpc) is 2.41. The first kappa shape index (κ1) is 12.4. The van der Waals surface area contributed by atoms with E-state index < -0.39 is 17.7 Å². The summed E-state index contributed by atoms with van der Waals surface area (Å²) in [5, 5.41) is 0. The molecule has 0 aliphatic rings. The molecule has 0 spiro atoms. The van der Waals surface area contributed by atoms with E-state index in [4.69, 9.17) is 10.5 Å². The number of nitrogens with two attached hydrogens (primary N) is 1. The molecule has 0 aliphatic carbocycles. The van der Waals surface area contributed by atoms with Gasteiger partial charge in [0.1, 0.15) is 11.9 Å². The third-order valence-electron chi connectivity index (χ3n) is 2.44. The number of benzene rings is 1. The van der Waals surface area contributed by atoms with Crippen LogP contribution in [0.1, 0.15) is 11.7 Å². The first-order chi connectivity index (χ1) is 8.70. The number of aromatic nitrogens is 1. The maximum atomic E-state index is 13.0. The summed E-state index contributed by atoms with van der Waals surface area (Å²) < 4.78 is 31.3. The highest BCUT2D eigenvalue weighted by Crippen LogP contribution is 2.22. The lowest BCUT2D eigenvalue weighted by molar-refractivity contribution is 0.212. The van der Waals surface area contributed by atoms with Crippen LogP contribution in [-0.4, -0.2) is 11.5 Å². The van der Waals surface area contributed by atoms with Gasteiger partial charge in [-0.2, -0.15) is 0 Å². The van der Waals surface area contributed by atoms with Crippen molar-refractivity contribution in [3.8, 4) is 5.75 Å². The number of rotatable bonds is 4. The quantitative estimate of drug-likeness (QED) is 0.906. The zero-order valence-corrected chi connectivity index (χ0v) is 9.51. The molecule has 0 saturated heterocycles. The van der Waals surface area contributed by atoms with Crippen molar-refractivity contribution in [2.45, 2.75) is 6.10 Å². The Kier molecular flexibility index (Phi) is 3.84. The molecule has 1 aromatic carbocycles. The summed E-state index contributed by atoms with van der Waals surface area (Å²) in [6.45, 7) is 0.213. The number of pyridine rings is 1. The highest BCUT2D eigenvalue weighted by molar-refractivity contribution is 5.25. The molecule has 94 valence electrons. The Morgan fingerprint density at radius 3 is 2.67 bits per heavy atom. The third kappa shape index (κ3) is 2.81. The fraction of sp³-hybridized carbons (Fsp3) is 0.154. The Morgan fingerprint density at radius 1 is 1.22 bits per heavy atom. The summed E-state index contributed by atoms with van der Waals surface area (Å²) in [6, 6.07) is 6.93.